The van der Waals surface area contributed by atoms with Gasteiger partial charge in [-0.1, -0.05) is 50.7 Å². The summed E-state index contributed by atoms with van der Waals surface area (Å²) < 4.78 is 10.8. The van der Waals surface area contributed by atoms with Crippen LogP contribution in [0.2, 0.25) is 0 Å². The van der Waals surface area contributed by atoms with Crippen LogP contribution < -0.4 is 0 Å². The van der Waals surface area contributed by atoms with Crippen LogP contribution in [0.15, 0.2) is 9.50 Å². The molecule has 1 aliphatic carbocycles. The number of hydrogen-bond donors (Lipinski definition) is 0. The van der Waals surface area contributed by atoms with Crippen LogP contribution in [0, 0.1) is 17.8 Å². The molecule has 0 aliphatic heterocycles. The van der Waals surface area contributed by atoms with E-state index in [0.29, 0.717) is 23.5 Å². The highest BCUT2D eigenvalue weighted by molar-refractivity contribution is 8.01. The molecule has 1 fully saturated rings. The summed E-state index contributed by atoms with van der Waals surface area (Å²) in [4.78, 5) is 16.5. The van der Waals surface area contributed by atoms with E-state index in [9.17, 15) is 4.79 Å². The van der Waals surface area contributed by atoms with Crippen LogP contribution >= 0.6 is 35.1 Å². The van der Waals surface area contributed by atoms with Gasteiger partial charge in [-0.3, -0.25) is 4.79 Å². The van der Waals surface area contributed by atoms with Gasteiger partial charge in [-0.2, -0.15) is 4.37 Å². The Morgan fingerprint density at radius 3 is 2.86 bits per heavy atom. The normalized spacial score (nSPS) is 25.4. The van der Waals surface area contributed by atoms with E-state index in [4.69, 9.17) is 4.74 Å². The highest BCUT2D eigenvalue weighted by Crippen LogP contribution is 2.35. The minimum atomic E-state index is -0.129. The third-order valence-electron chi connectivity index (χ3n) is 4.13. The Hall–Kier alpha value is -0.270. The predicted octanol–water partition coefficient (Wildman–Crippen LogP) is 4.36. The van der Waals surface area contributed by atoms with E-state index in [1.165, 1.54) is 41.5 Å². The summed E-state index contributed by atoms with van der Waals surface area (Å²) >= 11 is 4.28. The van der Waals surface area contributed by atoms with Crippen molar-refractivity contribution < 1.29 is 9.53 Å². The van der Waals surface area contributed by atoms with Crippen LogP contribution in [0.1, 0.15) is 40.0 Å². The van der Waals surface area contributed by atoms with Crippen molar-refractivity contribution in [2.45, 2.75) is 55.6 Å². The summed E-state index contributed by atoms with van der Waals surface area (Å²) in [5.41, 5.74) is 0. The minimum absolute atomic E-state index is 0.0769. The SMILES string of the molecule is CSc1nsc(SCC(=O)O[C@@H]2C[C@@H](C)CC[C@@H]2C(C)C)n1. The van der Waals surface area contributed by atoms with E-state index < -0.39 is 0 Å². The first kappa shape index (κ1) is 18.1. The lowest BCUT2D eigenvalue weighted by Crippen LogP contribution is -2.36. The number of carbonyl (C=O) groups is 1. The second-order valence-corrected chi connectivity index (χ2v) is 8.94. The van der Waals surface area contributed by atoms with E-state index in [-0.39, 0.29) is 12.1 Å². The molecule has 1 heterocycles. The van der Waals surface area contributed by atoms with Gasteiger partial charge in [-0.05, 0) is 48.4 Å². The van der Waals surface area contributed by atoms with Gasteiger partial charge in [-0.15, -0.1) is 0 Å². The van der Waals surface area contributed by atoms with Gasteiger partial charge >= 0.3 is 5.97 Å². The quantitative estimate of drug-likeness (QED) is 0.555. The number of hydrogen-bond acceptors (Lipinski definition) is 7. The van der Waals surface area contributed by atoms with Crippen LogP contribution in [-0.4, -0.2) is 33.4 Å². The molecule has 1 saturated carbocycles. The average molecular weight is 361 g/mol. The first-order chi connectivity index (χ1) is 10.5. The zero-order valence-electron chi connectivity index (χ0n) is 13.6. The van der Waals surface area contributed by atoms with Crippen LogP contribution in [0.5, 0.6) is 0 Å². The Kier molecular flexibility index (Phi) is 7.02. The molecule has 124 valence electrons. The Bertz CT molecular complexity index is 493. The van der Waals surface area contributed by atoms with E-state index in [1.54, 1.807) is 0 Å². The molecule has 0 bridgehead atoms. The molecule has 0 aromatic carbocycles. The van der Waals surface area contributed by atoms with Gasteiger partial charge in [0, 0.05) is 0 Å². The molecule has 7 heteroatoms. The van der Waals surface area contributed by atoms with Crippen molar-refractivity contribution in [3.05, 3.63) is 0 Å². The van der Waals surface area contributed by atoms with Crippen LogP contribution in [0.3, 0.4) is 0 Å². The van der Waals surface area contributed by atoms with Crippen LogP contribution in [-0.2, 0) is 9.53 Å². The molecule has 1 aliphatic rings. The molecule has 22 heavy (non-hydrogen) atoms. The highest BCUT2D eigenvalue weighted by atomic mass is 32.2. The molecule has 0 radical (unpaired) electrons. The number of thioether (sulfide) groups is 2. The zero-order chi connectivity index (χ0) is 16.1. The van der Waals surface area contributed by atoms with Gasteiger partial charge in [0.1, 0.15) is 6.10 Å². The number of nitrogens with zero attached hydrogens (tertiary/aromatic N) is 2. The maximum atomic E-state index is 12.1. The Morgan fingerprint density at radius 1 is 1.45 bits per heavy atom. The van der Waals surface area contributed by atoms with E-state index in [1.807, 2.05) is 6.26 Å². The summed E-state index contributed by atoms with van der Waals surface area (Å²) in [5.74, 6) is 1.89. The molecule has 0 saturated heterocycles. The van der Waals surface area contributed by atoms with Gasteiger partial charge in [0.15, 0.2) is 4.34 Å². The van der Waals surface area contributed by atoms with E-state index >= 15 is 0 Å². The number of ether oxygens (including phenoxy) is 1. The third kappa shape index (κ3) is 5.13. The van der Waals surface area contributed by atoms with E-state index in [2.05, 4.69) is 30.1 Å². The maximum Gasteiger partial charge on any atom is 0.316 e. The molecular weight excluding hydrogens is 336 g/mol. The van der Waals surface area contributed by atoms with E-state index in [0.717, 1.165) is 22.3 Å². The molecule has 0 unspecified atom stereocenters. The van der Waals surface area contributed by atoms with Crippen molar-refractivity contribution in [2.75, 3.05) is 12.0 Å². The summed E-state index contributed by atoms with van der Waals surface area (Å²) in [6, 6.07) is 0. The number of carbonyl (C=O) groups excluding carboxylic acids is 1. The van der Waals surface area contributed by atoms with Gasteiger partial charge in [0.2, 0.25) is 5.16 Å². The van der Waals surface area contributed by atoms with Gasteiger partial charge in [0.25, 0.3) is 0 Å². The van der Waals surface area contributed by atoms with Crippen molar-refractivity contribution in [3.63, 3.8) is 0 Å². The lowest BCUT2D eigenvalue weighted by Gasteiger charge is -2.36. The number of aromatic nitrogens is 2. The Balaban J connectivity index is 1.84. The molecule has 4 nitrogen and oxygen atoms in total. The van der Waals surface area contributed by atoms with Crippen molar-refractivity contribution in [2.24, 2.45) is 17.8 Å². The van der Waals surface area contributed by atoms with Gasteiger partial charge in [0.05, 0.1) is 5.75 Å². The number of esters is 1. The largest absolute Gasteiger partial charge is 0.461 e. The molecule has 1 aromatic heterocycles. The maximum absolute atomic E-state index is 12.1. The predicted molar refractivity (Wildman–Crippen MR) is 93.6 cm³/mol. The summed E-state index contributed by atoms with van der Waals surface area (Å²) in [6.45, 7) is 6.69. The zero-order valence-corrected chi connectivity index (χ0v) is 16.0. The molecule has 0 spiro atoms. The van der Waals surface area contributed by atoms with Crippen molar-refractivity contribution >= 4 is 41.0 Å². The van der Waals surface area contributed by atoms with Crippen molar-refractivity contribution in [1.29, 1.82) is 0 Å². The summed E-state index contributed by atoms with van der Waals surface area (Å²) in [5, 5.41) is 0.766. The first-order valence-electron chi connectivity index (χ1n) is 7.69. The summed E-state index contributed by atoms with van der Waals surface area (Å²) in [7, 11) is 0. The standard InChI is InChI=1S/C15H24N2O2S3/c1-9(2)11-6-5-10(3)7-12(11)19-13(18)8-21-15-16-14(20-4)17-22-15/h9-12H,5-8H2,1-4H3/t10-,11+,12+/m0/s1. The minimum Gasteiger partial charge on any atom is -0.461 e. The fourth-order valence-corrected chi connectivity index (χ4v) is 4.90. The molecule has 0 N–H and O–H groups in total. The second-order valence-electron chi connectivity index (χ2n) is 6.19. The van der Waals surface area contributed by atoms with Crippen LogP contribution in [0.25, 0.3) is 0 Å². The third-order valence-corrected chi connectivity index (χ3v) is 6.60. The van der Waals surface area contributed by atoms with Crippen molar-refractivity contribution in [3.8, 4) is 0 Å². The monoisotopic (exact) mass is 360 g/mol. The molecule has 2 rings (SSSR count). The van der Waals surface area contributed by atoms with Crippen molar-refractivity contribution in [1.82, 2.24) is 9.36 Å². The van der Waals surface area contributed by atoms with Gasteiger partial charge < -0.3 is 4.74 Å². The first-order valence-corrected chi connectivity index (χ1v) is 10.7. The molecule has 3 atom stereocenters. The fraction of sp³-hybridized carbons (Fsp3) is 0.800. The van der Waals surface area contributed by atoms with Gasteiger partial charge in [-0.25, -0.2) is 4.98 Å². The van der Waals surface area contributed by atoms with Crippen LogP contribution in [0.4, 0.5) is 0 Å². The number of rotatable bonds is 6. The average Bonchev–Trinajstić information content (AvgIpc) is 2.93. The molecular formula is C15H24N2O2S3. The lowest BCUT2D eigenvalue weighted by molar-refractivity contribution is -0.152. The topological polar surface area (TPSA) is 52.1 Å². The molecule has 1 aromatic rings. The second kappa shape index (κ2) is 8.55. The Morgan fingerprint density at radius 2 is 2.23 bits per heavy atom. The Labute approximate surface area is 145 Å². The lowest BCUT2D eigenvalue weighted by atomic mass is 9.75. The summed E-state index contributed by atoms with van der Waals surface area (Å²) in [6.07, 6.45) is 5.43. The molecule has 0 amide bonds. The fourth-order valence-electron chi connectivity index (χ4n) is 2.91. The smallest absolute Gasteiger partial charge is 0.316 e. The highest BCUT2D eigenvalue weighted by Gasteiger charge is 2.33.